The van der Waals surface area contributed by atoms with E-state index in [0.29, 0.717) is 5.82 Å². The lowest BCUT2D eigenvalue weighted by molar-refractivity contribution is 0.427. The summed E-state index contributed by atoms with van der Waals surface area (Å²) in [5.41, 5.74) is -0.304. The third-order valence-electron chi connectivity index (χ3n) is 3.39. The van der Waals surface area contributed by atoms with Crippen LogP contribution in [-0.2, 0) is 10.0 Å². The molecule has 1 aliphatic rings. The number of pyridine rings is 1. The highest BCUT2D eigenvalue weighted by Gasteiger charge is 2.33. The van der Waals surface area contributed by atoms with E-state index in [2.05, 4.69) is 15.0 Å². The molecule has 0 bridgehead atoms. The van der Waals surface area contributed by atoms with Gasteiger partial charge < -0.3 is 5.32 Å². The minimum Gasteiger partial charge on any atom is -0.373 e. The normalized spacial score (nSPS) is 18.8. The minimum atomic E-state index is -3.46. The van der Waals surface area contributed by atoms with Gasteiger partial charge in [0, 0.05) is 24.8 Å². The van der Waals surface area contributed by atoms with Crippen LogP contribution in [0.5, 0.6) is 0 Å². The number of hydrogen-bond acceptors (Lipinski definition) is 4. The Labute approximate surface area is 108 Å². The molecular weight excluding hydrogens is 250 g/mol. The Bertz CT molecular complexity index is 522. The highest BCUT2D eigenvalue weighted by Crippen LogP contribution is 2.30. The van der Waals surface area contributed by atoms with E-state index in [1.165, 1.54) is 12.3 Å². The van der Waals surface area contributed by atoms with Gasteiger partial charge in [-0.15, -0.1) is 0 Å². The lowest BCUT2D eigenvalue weighted by Gasteiger charge is -2.24. The summed E-state index contributed by atoms with van der Waals surface area (Å²) in [6.45, 7) is 1.97. The molecule has 0 atom stereocenters. The fraction of sp³-hybridized carbons (Fsp3) is 0.583. The summed E-state index contributed by atoms with van der Waals surface area (Å²) in [5, 5.41) is 2.84. The third kappa shape index (κ3) is 2.81. The summed E-state index contributed by atoms with van der Waals surface area (Å²) in [4.78, 5) is 4.28. The molecule has 1 fully saturated rings. The molecular formula is C12H19N3O2S. The van der Waals surface area contributed by atoms with Crippen LogP contribution < -0.4 is 10.0 Å². The van der Waals surface area contributed by atoms with Gasteiger partial charge in [0.2, 0.25) is 10.0 Å². The lowest BCUT2D eigenvalue weighted by atomic mass is 10.0. The van der Waals surface area contributed by atoms with E-state index in [0.717, 1.165) is 25.7 Å². The lowest BCUT2D eigenvalue weighted by Crippen LogP contribution is -2.43. The average molecular weight is 269 g/mol. The van der Waals surface area contributed by atoms with Gasteiger partial charge in [-0.3, -0.25) is 0 Å². The summed E-state index contributed by atoms with van der Waals surface area (Å²) in [6.07, 6.45) is 5.46. The summed E-state index contributed by atoms with van der Waals surface area (Å²) in [7, 11) is -1.75. The highest BCUT2D eigenvalue weighted by molar-refractivity contribution is 7.89. The van der Waals surface area contributed by atoms with Crippen molar-refractivity contribution in [1.29, 1.82) is 0 Å². The molecule has 6 heteroatoms. The van der Waals surface area contributed by atoms with Gasteiger partial charge in [0.15, 0.2) is 0 Å². The van der Waals surface area contributed by atoms with Gasteiger partial charge in [0.25, 0.3) is 0 Å². The van der Waals surface area contributed by atoms with E-state index < -0.39 is 10.0 Å². The van der Waals surface area contributed by atoms with Crippen molar-refractivity contribution < 1.29 is 8.42 Å². The molecule has 1 aliphatic carbocycles. The van der Waals surface area contributed by atoms with Crippen molar-refractivity contribution in [3.8, 4) is 0 Å². The smallest absolute Gasteiger partial charge is 0.241 e. The van der Waals surface area contributed by atoms with Gasteiger partial charge in [-0.1, -0.05) is 12.8 Å². The maximum atomic E-state index is 12.3. The van der Waals surface area contributed by atoms with Crippen LogP contribution in [-0.4, -0.2) is 26.0 Å². The number of hydrogen-bond donors (Lipinski definition) is 2. The molecule has 1 aromatic heterocycles. The molecule has 5 nitrogen and oxygen atoms in total. The van der Waals surface area contributed by atoms with Crippen LogP contribution >= 0.6 is 0 Å². The summed E-state index contributed by atoms with van der Waals surface area (Å²) < 4.78 is 27.4. The Morgan fingerprint density at radius 2 is 2.00 bits per heavy atom. The van der Waals surface area contributed by atoms with Crippen LogP contribution in [0.4, 0.5) is 5.82 Å². The van der Waals surface area contributed by atoms with E-state index in [1.807, 2.05) is 6.92 Å². The number of nitrogens with one attached hydrogen (secondary N) is 2. The number of aromatic nitrogens is 1. The topological polar surface area (TPSA) is 71.1 Å². The molecule has 0 radical (unpaired) electrons. The molecule has 0 aliphatic heterocycles. The van der Waals surface area contributed by atoms with Crippen molar-refractivity contribution in [1.82, 2.24) is 9.71 Å². The summed E-state index contributed by atoms with van der Waals surface area (Å²) in [6, 6.07) is 3.06. The zero-order valence-electron chi connectivity index (χ0n) is 10.7. The molecule has 2 N–H and O–H groups in total. The molecule has 0 saturated heterocycles. The van der Waals surface area contributed by atoms with Gasteiger partial charge in [-0.25, -0.2) is 18.1 Å². The first-order valence-corrected chi connectivity index (χ1v) is 7.61. The fourth-order valence-electron chi connectivity index (χ4n) is 2.36. The molecule has 0 unspecified atom stereocenters. The minimum absolute atomic E-state index is 0.259. The quantitative estimate of drug-likeness (QED) is 0.873. The first kappa shape index (κ1) is 13.3. The largest absolute Gasteiger partial charge is 0.373 e. The van der Waals surface area contributed by atoms with Crippen molar-refractivity contribution in [2.45, 2.75) is 43.0 Å². The van der Waals surface area contributed by atoms with Crippen molar-refractivity contribution >= 4 is 15.8 Å². The Morgan fingerprint density at radius 1 is 1.33 bits per heavy atom. The van der Waals surface area contributed by atoms with Crippen LogP contribution in [0.25, 0.3) is 0 Å². The standard InChI is InChI=1S/C12H19N3O2S/c1-12(6-3-4-7-12)15-18(16,17)10-5-8-14-11(9-10)13-2/h5,8-9,15H,3-4,6-7H2,1-2H3,(H,13,14). The highest BCUT2D eigenvalue weighted by atomic mass is 32.2. The van der Waals surface area contributed by atoms with Crippen LogP contribution in [0.15, 0.2) is 23.2 Å². The summed E-state index contributed by atoms with van der Waals surface area (Å²) >= 11 is 0. The maximum absolute atomic E-state index is 12.3. The van der Waals surface area contributed by atoms with Gasteiger partial charge in [0.1, 0.15) is 5.82 Å². The van der Waals surface area contributed by atoms with Crippen LogP contribution in [0, 0.1) is 0 Å². The molecule has 2 rings (SSSR count). The molecule has 0 aromatic carbocycles. The number of rotatable bonds is 4. The van der Waals surface area contributed by atoms with Gasteiger partial charge in [0.05, 0.1) is 4.90 Å². The SMILES string of the molecule is CNc1cc(S(=O)(=O)NC2(C)CCCC2)ccn1. The molecule has 1 aromatic rings. The maximum Gasteiger partial charge on any atom is 0.241 e. The Hall–Kier alpha value is -1.14. The fourth-order valence-corrected chi connectivity index (χ4v) is 3.83. The second-order valence-corrected chi connectivity index (χ2v) is 6.68. The molecule has 1 heterocycles. The first-order valence-electron chi connectivity index (χ1n) is 6.13. The molecule has 100 valence electrons. The second-order valence-electron chi connectivity index (χ2n) is 5.00. The zero-order chi connectivity index (χ0) is 13.2. The molecule has 1 saturated carbocycles. The van der Waals surface area contributed by atoms with Crippen LogP contribution in [0.3, 0.4) is 0 Å². The molecule has 18 heavy (non-hydrogen) atoms. The van der Waals surface area contributed by atoms with E-state index in [9.17, 15) is 8.42 Å². The Balaban J connectivity index is 2.24. The predicted octanol–water partition coefficient (Wildman–Crippen LogP) is 1.73. The van der Waals surface area contributed by atoms with Gasteiger partial charge >= 0.3 is 0 Å². The van der Waals surface area contributed by atoms with Crippen molar-refractivity contribution in [2.75, 3.05) is 12.4 Å². The molecule has 0 spiro atoms. The average Bonchev–Trinajstić information content (AvgIpc) is 2.75. The first-order chi connectivity index (χ1) is 8.45. The third-order valence-corrected chi connectivity index (χ3v) is 5.02. The molecule has 0 amide bonds. The zero-order valence-corrected chi connectivity index (χ0v) is 11.5. The van der Waals surface area contributed by atoms with E-state index in [4.69, 9.17) is 0 Å². The van der Waals surface area contributed by atoms with Crippen molar-refractivity contribution in [3.63, 3.8) is 0 Å². The Morgan fingerprint density at radius 3 is 2.61 bits per heavy atom. The monoisotopic (exact) mass is 269 g/mol. The second kappa shape index (κ2) is 4.85. The van der Waals surface area contributed by atoms with Crippen LogP contribution in [0.2, 0.25) is 0 Å². The van der Waals surface area contributed by atoms with E-state index in [1.54, 1.807) is 13.1 Å². The van der Waals surface area contributed by atoms with Gasteiger partial charge in [-0.2, -0.15) is 0 Å². The Kier molecular flexibility index (Phi) is 3.59. The van der Waals surface area contributed by atoms with E-state index in [-0.39, 0.29) is 10.4 Å². The van der Waals surface area contributed by atoms with Crippen molar-refractivity contribution in [3.05, 3.63) is 18.3 Å². The summed E-state index contributed by atoms with van der Waals surface area (Å²) in [5.74, 6) is 0.550. The number of nitrogens with zero attached hydrogens (tertiary/aromatic N) is 1. The number of sulfonamides is 1. The van der Waals surface area contributed by atoms with Crippen LogP contribution in [0.1, 0.15) is 32.6 Å². The predicted molar refractivity (Wildman–Crippen MR) is 71.0 cm³/mol. The number of anilines is 1. The van der Waals surface area contributed by atoms with Crippen molar-refractivity contribution in [2.24, 2.45) is 0 Å². The van der Waals surface area contributed by atoms with Gasteiger partial charge in [-0.05, 0) is 25.8 Å². The van der Waals surface area contributed by atoms with E-state index >= 15 is 0 Å².